The van der Waals surface area contributed by atoms with Crippen molar-refractivity contribution < 1.29 is 28.7 Å². The number of carbonyl (C=O) groups excluding carboxylic acids is 2. The highest BCUT2D eigenvalue weighted by atomic mass is 16.6. The average Bonchev–Trinajstić information content (AvgIpc) is 2.52. The topological polar surface area (TPSA) is 105 Å². The first-order valence-electron chi connectivity index (χ1n) is 6.77. The van der Waals surface area contributed by atoms with Crippen LogP contribution in [0.5, 0.6) is 11.5 Å². The summed E-state index contributed by atoms with van der Waals surface area (Å²) in [4.78, 5) is 34.2. The SMILES string of the molecule is COC(=O)[C@H](C(C)=O)[C@H](C[N+](=O)[O-])c1ccc(OC)c(OC)c1. The van der Waals surface area contributed by atoms with Gasteiger partial charge in [-0.1, -0.05) is 6.07 Å². The second-order valence-electron chi connectivity index (χ2n) is 4.85. The van der Waals surface area contributed by atoms with E-state index in [2.05, 4.69) is 4.74 Å². The van der Waals surface area contributed by atoms with Crippen LogP contribution in [0.2, 0.25) is 0 Å². The molecule has 0 aliphatic heterocycles. The molecule has 0 aliphatic rings. The van der Waals surface area contributed by atoms with Crippen molar-refractivity contribution in [1.29, 1.82) is 0 Å². The number of carbonyl (C=O) groups is 2. The zero-order valence-corrected chi connectivity index (χ0v) is 13.4. The summed E-state index contributed by atoms with van der Waals surface area (Å²) in [6.45, 7) is 0.615. The lowest BCUT2D eigenvalue weighted by atomic mass is 9.83. The summed E-state index contributed by atoms with van der Waals surface area (Å²) in [5.74, 6) is -2.74. The first kappa shape index (κ1) is 18.4. The Morgan fingerprint density at radius 1 is 1.17 bits per heavy atom. The molecule has 0 aliphatic carbocycles. The number of nitrogens with zero attached hydrogens (tertiary/aromatic N) is 1. The molecule has 23 heavy (non-hydrogen) atoms. The van der Waals surface area contributed by atoms with Crippen LogP contribution in [0.3, 0.4) is 0 Å². The molecule has 1 aromatic carbocycles. The van der Waals surface area contributed by atoms with Crippen LogP contribution >= 0.6 is 0 Å². The Bertz CT molecular complexity index is 599. The van der Waals surface area contributed by atoms with E-state index >= 15 is 0 Å². The third-order valence-electron chi connectivity index (χ3n) is 3.48. The Kier molecular flexibility index (Phi) is 6.49. The minimum atomic E-state index is -1.26. The summed E-state index contributed by atoms with van der Waals surface area (Å²) in [5.41, 5.74) is 0.421. The normalized spacial score (nSPS) is 12.9. The van der Waals surface area contributed by atoms with Gasteiger partial charge in [-0.15, -0.1) is 0 Å². The number of rotatable bonds is 8. The Labute approximate surface area is 133 Å². The summed E-state index contributed by atoms with van der Waals surface area (Å²) in [6.07, 6.45) is 0. The van der Waals surface area contributed by atoms with Gasteiger partial charge in [0.05, 0.1) is 27.2 Å². The third-order valence-corrected chi connectivity index (χ3v) is 3.48. The Balaban J connectivity index is 3.37. The zero-order valence-electron chi connectivity index (χ0n) is 13.4. The van der Waals surface area contributed by atoms with Crippen molar-refractivity contribution in [2.75, 3.05) is 27.9 Å². The highest BCUT2D eigenvalue weighted by molar-refractivity contribution is 5.98. The molecule has 0 unspecified atom stereocenters. The van der Waals surface area contributed by atoms with Crippen LogP contribution in [0.25, 0.3) is 0 Å². The molecule has 0 radical (unpaired) electrons. The molecule has 0 amide bonds. The highest BCUT2D eigenvalue weighted by Gasteiger charge is 2.38. The van der Waals surface area contributed by atoms with Gasteiger partial charge in [0.15, 0.2) is 11.5 Å². The van der Waals surface area contributed by atoms with E-state index < -0.39 is 35.1 Å². The van der Waals surface area contributed by atoms with E-state index in [-0.39, 0.29) is 0 Å². The number of Topliss-reactive ketones (excluding diaryl/α,β-unsaturated/α-hetero) is 1. The summed E-state index contributed by atoms with van der Waals surface area (Å²) in [7, 11) is 4.02. The Morgan fingerprint density at radius 2 is 1.78 bits per heavy atom. The van der Waals surface area contributed by atoms with Crippen LogP contribution in [0.15, 0.2) is 18.2 Å². The first-order chi connectivity index (χ1) is 10.8. The van der Waals surface area contributed by atoms with Gasteiger partial charge < -0.3 is 14.2 Å². The molecular formula is C15H19NO7. The molecule has 1 aromatic rings. The van der Waals surface area contributed by atoms with Crippen molar-refractivity contribution in [2.24, 2.45) is 5.92 Å². The van der Waals surface area contributed by atoms with E-state index in [1.165, 1.54) is 27.2 Å². The molecule has 0 N–H and O–H groups in total. The number of esters is 1. The summed E-state index contributed by atoms with van der Waals surface area (Å²) in [5, 5.41) is 11.0. The van der Waals surface area contributed by atoms with Gasteiger partial charge >= 0.3 is 5.97 Å². The molecule has 0 bridgehead atoms. The van der Waals surface area contributed by atoms with E-state index in [4.69, 9.17) is 9.47 Å². The molecule has 0 saturated heterocycles. The maximum absolute atomic E-state index is 11.9. The number of ketones is 1. The molecule has 8 nitrogen and oxygen atoms in total. The fourth-order valence-electron chi connectivity index (χ4n) is 2.39. The molecule has 0 aromatic heterocycles. The summed E-state index contributed by atoms with van der Waals surface area (Å²) < 4.78 is 14.9. The van der Waals surface area contributed by atoms with Crippen molar-refractivity contribution >= 4 is 11.8 Å². The van der Waals surface area contributed by atoms with Crippen molar-refractivity contribution in [1.82, 2.24) is 0 Å². The lowest BCUT2D eigenvalue weighted by Crippen LogP contribution is -2.33. The van der Waals surface area contributed by atoms with Crippen molar-refractivity contribution in [3.05, 3.63) is 33.9 Å². The van der Waals surface area contributed by atoms with Crippen LogP contribution in [0, 0.1) is 16.0 Å². The van der Waals surface area contributed by atoms with Crippen LogP contribution in [0.4, 0.5) is 0 Å². The summed E-state index contributed by atoms with van der Waals surface area (Å²) >= 11 is 0. The highest BCUT2D eigenvalue weighted by Crippen LogP contribution is 2.34. The maximum Gasteiger partial charge on any atom is 0.317 e. The van der Waals surface area contributed by atoms with Gasteiger partial charge in [-0.05, 0) is 24.6 Å². The van der Waals surface area contributed by atoms with E-state index in [0.717, 1.165) is 7.11 Å². The second-order valence-corrected chi connectivity index (χ2v) is 4.85. The molecular weight excluding hydrogens is 306 g/mol. The van der Waals surface area contributed by atoms with Gasteiger partial charge in [-0.2, -0.15) is 0 Å². The lowest BCUT2D eigenvalue weighted by Gasteiger charge is -2.21. The van der Waals surface area contributed by atoms with Gasteiger partial charge in [-0.3, -0.25) is 19.7 Å². The molecule has 0 heterocycles. The largest absolute Gasteiger partial charge is 0.493 e. The van der Waals surface area contributed by atoms with Gasteiger partial charge in [-0.25, -0.2) is 0 Å². The molecule has 0 fully saturated rings. The number of ether oxygens (including phenoxy) is 3. The predicted molar refractivity (Wildman–Crippen MR) is 80.3 cm³/mol. The van der Waals surface area contributed by atoms with Crippen LogP contribution in [-0.2, 0) is 14.3 Å². The van der Waals surface area contributed by atoms with Gasteiger partial charge in [0.1, 0.15) is 11.7 Å². The molecule has 0 spiro atoms. The maximum atomic E-state index is 11.9. The van der Waals surface area contributed by atoms with Crippen molar-refractivity contribution in [2.45, 2.75) is 12.8 Å². The number of methoxy groups -OCH3 is 3. The minimum absolute atomic E-state index is 0.352. The Hall–Kier alpha value is -2.64. The number of nitro groups is 1. The predicted octanol–water partition coefficient (Wildman–Crippen LogP) is 1.44. The van der Waals surface area contributed by atoms with Crippen LogP contribution in [0.1, 0.15) is 18.4 Å². The van der Waals surface area contributed by atoms with Crippen molar-refractivity contribution in [3.63, 3.8) is 0 Å². The van der Waals surface area contributed by atoms with E-state index in [0.29, 0.717) is 17.1 Å². The second kappa shape index (κ2) is 8.11. The number of hydrogen-bond acceptors (Lipinski definition) is 7. The lowest BCUT2D eigenvalue weighted by molar-refractivity contribution is -0.484. The number of benzene rings is 1. The molecule has 8 heteroatoms. The molecule has 1 rings (SSSR count). The smallest absolute Gasteiger partial charge is 0.317 e. The standard InChI is InChI=1S/C15H19NO7/c1-9(17)14(15(18)23-4)11(8-16(19)20)10-5-6-12(21-2)13(7-10)22-3/h5-7,11,14H,8H2,1-4H3/t11-,14-/m1/s1. The van der Waals surface area contributed by atoms with E-state index in [9.17, 15) is 19.7 Å². The summed E-state index contributed by atoms with van der Waals surface area (Å²) in [6, 6.07) is 4.65. The fraction of sp³-hybridized carbons (Fsp3) is 0.467. The number of hydrogen-bond donors (Lipinski definition) is 0. The monoisotopic (exact) mass is 325 g/mol. The molecule has 2 atom stereocenters. The quantitative estimate of drug-likeness (QED) is 0.308. The van der Waals surface area contributed by atoms with Gasteiger partial charge in [0, 0.05) is 4.92 Å². The average molecular weight is 325 g/mol. The fourth-order valence-corrected chi connectivity index (χ4v) is 2.39. The zero-order chi connectivity index (χ0) is 17.6. The molecule has 0 saturated carbocycles. The third kappa shape index (κ3) is 4.41. The van der Waals surface area contributed by atoms with Gasteiger partial charge in [0.25, 0.3) is 0 Å². The van der Waals surface area contributed by atoms with Crippen LogP contribution < -0.4 is 9.47 Å². The molecule has 126 valence electrons. The minimum Gasteiger partial charge on any atom is -0.493 e. The van der Waals surface area contributed by atoms with E-state index in [1.54, 1.807) is 12.1 Å². The Morgan fingerprint density at radius 3 is 2.22 bits per heavy atom. The van der Waals surface area contributed by atoms with E-state index in [1.807, 2.05) is 0 Å². The van der Waals surface area contributed by atoms with Crippen molar-refractivity contribution in [3.8, 4) is 11.5 Å². The van der Waals surface area contributed by atoms with Gasteiger partial charge in [0.2, 0.25) is 6.54 Å². The first-order valence-corrected chi connectivity index (χ1v) is 6.77. The van der Waals surface area contributed by atoms with Crippen LogP contribution in [-0.4, -0.2) is 44.6 Å².